The number of carbonyl (C=O) groups excluding carboxylic acids is 4. The first-order valence-corrected chi connectivity index (χ1v) is 21.7. The number of likely N-dealkylation sites (tertiary alicyclic amines) is 1. The van der Waals surface area contributed by atoms with Crippen LogP contribution in [-0.4, -0.2) is 139 Å². The molecule has 4 aromatic heterocycles. The number of methoxy groups -OCH3 is 1. The maximum absolute atomic E-state index is 14.2. The van der Waals surface area contributed by atoms with Crippen molar-refractivity contribution in [1.29, 1.82) is 0 Å². The smallest absolute Gasteiger partial charge is 0.278 e. The summed E-state index contributed by atoms with van der Waals surface area (Å²) in [6.07, 6.45) is 4.57. The number of allylic oxidation sites excluding steroid dienone is 2. The minimum absolute atomic E-state index is 0.123. The van der Waals surface area contributed by atoms with Crippen molar-refractivity contribution in [2.24, 2.45) is 11.5 Å². The van der Waals surface area contributed by atoms with E-state index in [-0.39, 0.29) is 41.6 Å². The highest BCUT2D eigenvalue weighted by molar-refractivity contribution is 6.07. The number of carbonyl (C=O) groups is 4. The monoisotopic (exact) mass is 886 g/mol. The van der Waals surface area contributed by atoms with Crippen LogP contribution in [0.5, 0.6) is 11.5 Å². The number of primary amides is 2. The molecule has 338 valence electrons. The summed E-state index contributed by atoms with van der Waals surface area (Å²) in [5.74, 6) is -0.340. The van der Waals surface area contributed by atoms with Gasteiger partial charge in [0, 0.05) is 70.0 Å². The van der Waals surface area contributed by atoms with Gasteiger partial charge in [0.2, 0.25) is 23.7 Å². The number of morpholine rings is 1. The fourth-order valence-corrected chi connectivity index (χ4v) is 9.44. The molecular weight excluding hydrogens is 837 g/mol. The van der Waals surface area contributed by atoms with E-state index in [0.29, 0.717) is 103 Å². The number of rotatable bonds is 14. The molecule has 0 atom stereocenters. The average molecular weight is 887 g/mol. The number of nitrogens with two attached hydrogens (primary N) is 2. The Bertz CT molecular complexity index is 2930. The van der Waals surface area contributed by atoms with Gasteiger partial charge in [0.1, 0.15) is 39.5 Å². The van der Waals surface area contributed by atoms with E-state index in [0.717, 1.165) is 44.1 Å². The first-order chi connectivity index (χ1) is 31.4. The van der Waals surface area contributed by atoms with Crippen LogP contribution in [0.15, 0.2) is 48.6 Å². The second kappa shape index (κ2) is 16.5. The predicted octanol–water partition coefficient (Wildman–Crippen LogP) is 1.62. The second-order valence-electron chi connectivity index (χ2n) is 17.0. The van der Waals surface area contributed by atoms with Crippen molar-refractivity contribution in [3.8, 4) is 11.5 Å². The van der Waals surface area contributed by atoms with E-state index < -0.39 is 11.8 Å². The van der Waals surface area contributed by atoms with Gasteiger partial charge in [-0.3, -0.25) is 43.2 Å². The lowest BCUT2D eigenvalue weighted by Gasteiger charge is -2.51. The minimum atomic E-state index is -0.646. The molecule has 2 aromatic carbocycles. The fourth-order valence-electron chi connectivity index (χ4n) is 9.44. The topological polar surface area (TPSA) is 241 Å². The van der Waals surface area contributed by atoms with Gasteiger partial charge in [-0.1, -0.05) is 12.2 Å². The van der Waals surface area contributed by atoms with Crippen LogP contribution in [0.1, 0.15) is 59.5 Å². The molecule has 0 aliphatic carbocycles. The lowest BCUT2D eigenvalue weighted by atomic mass is 9.92. The van der Waals surface area contributed by atoms with E-state index in [1.807, 2.05) is 35.1 Å². The van der Waals surface area contributed by atoms with Gasteiger partial charge in [0.15, 0.2) is 0 Å². The lowest BCUT2D eigenvalue weighted by Crippen LogP contribution is -2.69. The van der Waals surface area contributed by atoms with Gasteiger partial charge in [0.05, 0.1) is 55.8 Å². The minimum Gasteiger partial charge on any atom is -0.494 e. The van der Waals surface area contributed by atoms with Gasteiger partial charge in [-0.25, -0.2) is 9.97 Å². The SMILES string of the molecule is COc1cc(C(N)=O)cc2nc(N3CCn4nc(C)cc4C3=O)n(C/C=C/Cn3c(N4CCn5nc(C)cc5C4=O)nc4cc(C(N)=O)cc(OCCCN5CC6(CNCCO6)C5)c43)c12. The van der Waals surface area contributed by atoms with Crippen LogP contribution in [-0.2, 0) is 30.9 Å². The molecular formula is C44H50N14O7. The standard InChI is InChI=1S/C44H50N14O7/c1-26-17-32-40(61)55(11-13-57(32)50-26)42-48-30-19-28(38(45)59)21-34(63-3)36(30)53(42)9-4-5-10-54-37-31(49-43(54)56-12-14-58-33(41(56)62)18-27(2)51-58)20-29(39(46)60)22-35(37)64-15-6-8-52-24-44(25-52)23-47-7-16-65-44/h4-5,17-22,47H,6-16,23-25H2,1-3H3,(H2,45,59)(H2,46,60)/b5-4+. The molecule has 21 nitrogen and oxygen atoms in total. The third-order valence-electron chi connectivity index (χ3n) is 12.4. The number of aryl methyl sites for hydroxylation is 2. The molecule has 2 saturated heterocycles. The summed E-state index contributed by atoms with van der Waals surface area (Å²) in [4.78, 5) is 68.6. The van der Waals surface area contributed by atoms with Gasteiger partial charge in [-0.05, 0) is 56.7 Å². The van der Waals surface area contributed by atoms with Crippen LogP contribution in [0, 0.1) is 13.8 Å². The highest BCUT2D eigenvalue weighted by atomic mass is 16.5. The molecule has 4 aliphatic heterocycles. The molecule has 65 heavy (non-hydrogen) atoms. The second-order valence-corrected chi connectivity index (χ2v) is 17.0. The van der Waals surface area contributed by atoms with Crippen LogP contribution in [0.4, 0.5) is 11.9 Å². The van der Waals surface area contributed by atoms with Crippen molar-refractivity contribution in [2.45, 2.75) is 52.0 Å². The van der Waals surface area contributed by atoms with Crippen molar-refractivity contribution < 1.29 is 33.4 Å². The summed E-state index contributed by atoms with van der Waals surface area (Å²) in [7, 11) is 1.50. The molecule has 2 fully saturated rings. The highest BCUT2D eigenvalue weighted by Gasteiger charge is 2.44. The molecule has 4 amide bonds. The largest absolute Gasteiger partial charge is 0.494 e. The van der Waals surface area contributed by atoms with Crippen LogP contribution in [0.3, 0.4) is 0 Å². The summed E-state index contributed by atoms with van der Waals surface area (Å²) < 4.78 is 25.5. The average Bonchev–Trinajstić information content (AvgIpc) is 4.06. The number of imidazole rings is 2. The first-order valence-electron chi connectivity index (χ1n) is 21.7. The molecule has 8 heterocycles. The Morgan fingerprint density at radius 3 is 1.83 bits per heavy atom. The van der Waals surface area contributed by atoms with Crippen LogP contribution in [0.2, 0.25) is 0 Å². The summed E-state index contributed by atoms with van der Waals surface area (Å²) in [6.45, 7) is 10.9. The molecule has 21 heteroatoms. The number of amides is 4. The summed E-state index contributed by atoms with van der Waals surface area (Å²) in [6, 6.07) is 9.90. The van der Waals surface area contributed by atoms with E-state index in [1.165, 1.54) is 7.11 Å². The molecule has 0 bridgehead atoms. The Labute approximate surface area is 372 Å². The molecule has 1 spiro atoms. The number of ether oxygens (including phenoxy) is 3. The zero-order chi connectivity index (χ0) is 45.1. The first kappa shape index (κ1) is 41.9. The Kier molecular flexibility index (Phi) is 10.6. The van der Waals surface area contributed by atoms with E-state index in [1.54, 1.807) is 55.6 Å². The third kappa shape index (κ3) is 7.53. The Morgan fingerprint density at radius 1 is 0.785 bits per heavy atom. The van der Waals surface area contributed by atoms with E-state index >= 15 is 0 Å². The Hall–Kier alpha value is -7.10. The number of hydrogen-bond donors (Lipinski definition) is 3. The number of aromatic nitrogens is 8. The van der Waals surface area contributed by atoms with Gasteiger partial charge in [-0.2, -0.15) is 10.2 Å². The fraction of sp³-hybridized carbons (Fsp3) is 0.409. The molecule has 0 unspecified atom stereocenters. The Morgan fingerprint density at radius 2 is 1.32 bits per heavy atom. The van der Waals surface area contributed by atoms with Crippen molar-refractivity contribution >= 4 is 57.6 Å². The summed E-state index contributed by atoms with van der Waals surface area (Å²) in [5, 5.41) is 12.4. The van der Waals surface area contributed by atoms with E-state index in [2.05, 4.69) is 20.4 Å². The van der Waals surface area contributed by atoms with E-state index in [4.69, 9.17) is 35.6 Å². The quantitative estimate of drug-likeness (QED) is 0.104. The molecule has 4 aliphatic rings. The van der Waals surface area contributed by atoms with E-state index in [9.17, 15) is 19.2 Å². The number of nitrogens with one attached hydrogen (secondary N) is 1. The molecule has 10 rings (SSSR count). The van der Waals surface area contributed by atoms with Crippen molar-refractivity contribution in [2.75, 3.05) is 75.9 Å². The zero-order valence-electron chi connectivity index (χ0n) is 36.5. The van der Waals surface area contributed by atoms with Crippen LogP contribution >= 0.6 is 0 Å². The molecule has 6 aromatic rings. The molecule has 0 radical (unpaired) electrons. The van der Waals surface area contributed by atoms with Crippen LogP contribution < -0.4 is 36.1 Å². The van der Waals surface area contributed by atoms with Crippen molar-refractivity contribution in [1.82, 2.24) is 48.9 Å². The number of benzene rings is 2. The van der Waals surface area contributed by atoms with Crippen molar-refractivity contribution in [3.63, 3.8) is 0 Å². The van der Waals surface area contributed by atoms with Gasteiger partial charge < -0.3 is 40.1 Å². The number of anilines is 2. The summed E-state index contributed by atoms with van der Waals surface area (Å²) >= 11 is 0. The zero-order valence-corrected chi connectivity index (χ0v) is 36.5. The van der Waals surface area contributed by atoms with Gasteiger partial charge in [-0.15, -0.1) is 0 Å². The van der Waals surface area contributed by atoms with Gasteiger partial charge >= 0.3 is 0 Å². The molecule has 0 saturated carbocycles. The molecule has 5 N–H and O–H groups in total. The normalized spacial score (nSPS) is 17.3. The summed E-state index contributed by atoms with van der Waals surface area (Å²) in [5.41, 5.74) is 16.2. The predicted molar refractivity (Wildman–Crippen MR) is 238 cm³/mol. The highest BCUT2D eigenvalue weighted by Crippen LogP contribution is 2.36. The number of nitrogens with zero attached hydrogens (tertiary/aromatic N) is 11. The maximum Gasteiger partial charge on any atom is 0.278 e. The van der Waals surface area contributed by atoms with Crippen molar-refractivity contribution in [3.05, 3.63) is 82.5 Å². The number of fused-ring (bicyclic) bond motifs is 4. The van der Waals surface area contributed by atoms with Crippen LogP contribution in [0.25, 0.3) is 22.1 Å². The maximum atomic E-state index is 14.2. The Balaban J connectivity index is 0.994. The third-order valence-corrected chi connectivity index (χ3v) is 12.4. The van der Waals surface area contributed by atoms with Gasteiger partial charge in [0.25, 0.3) is 11.8 Å². The number of hydrogen-bond acceptors (Lipinski definition) is 13. The lowest BCUT2D eigenvalue weighted by molar-refractivity contribution is -0.156.